The van der Waals surface area contributed by atoms with Crippen LogP contribution in [0.15, 0.2) is 10.6 Å². The zero-order chi connectivity index (χ0) is 12.7. The molecule has 0 atom stereocenters. The summed E-state index contributed by atoms with van der Waals surface area (Å²) in [5.41, 5.74) is 0.742. The molecule has 1 aromatic heterocycles. The zero-order valence-corrected chi connectivity index (χ0v) is 11.0. The van der Waals surface area contributed by atoms with Crippen LogP contribution in [0.5, 0.6) is 0 Å². The molecule has 1 rings (SSSR count). The Balaban J connectivity index is 2.29. The molecule has 1 heterocycles. The monoisotopic (exact) mass is 261 g/mol. The van der Waals surface area contributed by atoms with E-state index >= 15 is 0 Å². The summed E-state index contributed by atoms with van der Waals surface area (Å²) in [5.74, 6) is 0.644. The predicted molar refractivity (Wildman–Crippen MR) is 65.0 cm³/mol. The van der Waals surface area contributed by atoms with E-state index in [9.17, 15) is 8.42 Å². The number of sulfonamides is 1. The van der Waals surface area contributed by atoms with Gasteiger partial charge in [-0.1, -0.05) is 12.1 Å². The first-order valence-corrected chi connectivity index (χ1v) is 7.29. The Kier molecular flexibility index (Phi) is 5.60. The van der Waals surface area contributed by atoms with E-state index in [4.69, 9.17) is 4.52 Å². The molecule has 0 fully saturated rings. The SMILES string of the molecule is CCNCCCS(=O)(=O)NCc1cc(C)no1. The van der Waals surface area contributed by atoms with E-state index in [0.29, 0.717) is 18.7 Å². The van der Waals surface area contributed by atoms with E-state index < -0.39 is 10.0 Å². The van der Waals surface area contributed by atoms with Crippen LogP contribution in [0.2, 0.25) is 0 Å². The van der Waals surface area contributed by atoms with E-state index in [1.165, 1.54) is 0 Å². The standard InChI is InChI=1S/C10H19N3O3S/c1-3-11-5-4-6-17(14,15)12-8-10-7-9(2)13-16-10/h7,11-12H,3-6,8H2,1-2H3. The largest absolute Gasteiger partial charge is 0.360 e. The number of rotatable bonds is 8. The van der Waals surface area contributed by atoms with E-state index in [1.54, 1.807) is 13.0 Å². The average Bonchev–Trinajstić information content (AvgIpc) is 2.68. The number of nitrogens with zero attached hydrogens (tertiary/aromatic N) is 1. The number of aryl methyl sites for hydroxylation is 1. The van der Waals surface area contributed by atoms with Gasteiger partial charge < -0.3 is 9.84 Å². The van der Waals surface area contributed by atoms with Crippen LogP contribution in [0.3, 0.4) is 0 Å². The van der Waals surface area contributed by atoms with Gasteiger partial charge in [0.15, 0.2) is 5.76 Å². The smallest absolute Gasteiger partial charge is 0.212 e. The van der Waals surface area contributed by atoms with Gasteiger partial charge in [-0.3, -0.25) is 0 Å². The quantitative estimate of drug-likeness (QED) is 0.662. The van der Waals surface area contributed by atoms with Crippen molar-refractivity contribution >= 4 is 10.0 Å². The van der Waals surface area contributed by atoms with Crippen molar-refractivity contribution in [3.8, 4) is 0 Å². The third-order valence-corrected chi connectivity index (χ3v) is 3.57. The summed E-state index contributed by atoms with van der Waals surface area (Å²) >= 11 is 0. The molecule has 6 nitrogen and oxygen atoms in total. The van der Waals surface area contributed by atoms with Crippen molar-refractivity contribution in [1.29, 1.82) is 0 Å². The molecule has 0 spiro atoms. The molecule has 2 N–H and O–H groups in total. The van der Waals surface area contributed by atoms with E-state index in [1.807, 2.05) is 6.92 Å². The lowest BCUT2D eigenvalue weighted by Crippen LogP contribution is -2.27. The van der Waals surface area contributed by atoms with Crippen LogP contribution in [0.4, 0.5) is 0 Å². The van der Waals surface area contributed by atoms with Crippen LogP contribution in [0.25, 0.3) is 0 Å². The van der Waals surface area contributed by atoms with Crippen LogP contribution in [-0.4, -0.2) is 32.4 Å². The van der Waals surface area contributed by atoms with Gasteiger partial charge in [-0.15, -0.1) is 0 Å². The lowest BCUT2D eigenvalue weighted by molar-refractivity contribution is 0.377. The molecule has 0 unspecified atom stereocenters. The average molecular weight is 261 g/mol. The summed E-state index contributed by atoms with van der Waals surface area (Å²) in [5, 5.41) is 6.76. The van der Waals surface area contributed by atoms with Gasteiger partial charge in [0.2, 0.25) is 10.0 Å². The lowest BCUT2D eigenvalue weighted by Gasteiger charge is -2.05. The molecular weight excluding hydrogens is 242 g/mol. The van der Waals surface area contributed by atoms with Gasteiger partial charge in [0, 0.05) is 6.07 Å². The fourth-order valence-electron chi connectivity index (χ4n) is 1.32. The summed E-state index contributed by atoms with van der Waals surface area (Å²) in [7, 11) is -3.23. The second-order valence-corrected chi connectivity index (χ2v) is 5.71. The zero-order valence-electron chi connectivity index (χ0n) is 10.2. The van der Waals surface area contributed by atoms with Crippen molar-refractivity contribution in [2.45, 2.75) is 26.8 Å². The summed E-state index contributed by atoms with van der Waals surface area (Å²) in [4.78, 5) is 0. The topological polar surface area (TPSA) is 84.2 Å². The summed E-state index contributed by atoms with van der Waals surface area (Å²) in [6.45, 7) is 5.49. The van der Waals surface area contributed by atoms with Crippen molar-refractivity contribution in [1.82, 2.24) is 15.2 Å². The summed E-state index contributed by atoms with van der Waals surface area (Å²) in [6, 6.07) is 1.71. The van der Waals surface area contributed by atoms with Crippen LogP contribution < -0.4 is 10.0 Å². The van der Waals surface area contributed by atoms with Gasteiger partial charge in [0.25, 0.3) is 0 Å². The number of hydrogen-bond acceptors (Lipinski definition) is 5. The molecule has 0 radical (unpaired) electrons. The van der Waals surface area contributed by atoms with Crippen molar-refractivity contribution in [3.63, 3.8) is 0 Å². The third-order valence-electron chi connectivity index (χ3n) is 2.16. The molecule has 0 aliphatic heterocycles. The first-order valence-electron chi connectivity index (χ1n) is 5.64. The minimum Gasteiger partial charge on any atom is -0.360 e. The van der Waals surface area contributed by atoms with Crippen molar-refractivity contribution in [2.24, 2.45) is 0 Å². The maximum Gasteiger partial charge on any atom is 0.212 e. The Labute approximate surface area is 102 Å². The highest BCUT2D eigenvalue weighted by atomic mass is 32.2. The molecule has 98 valence electrons. The molecule has 0 aromatic carbocycles. The lowest BCUT2D eigenvalue weighted by atomic mass is 10.4. The molecule has 17 heavy (non-hydrogen) atoms. The Morgan fingerprint density at radius 1 is 1.47 bits per heavy atom. The van der Waals surface area contributed by atoms with E-state index in [-0.39, 0.29) is 12.3 Å². The predicted octanol–water partition coefficient (Wildman–Crippen LogP) is 0.402. The molecule has 0 saturated carbocycles. The summed E-state index contributed by atoms with van der Waals surface area (Å²) < 4.78 is 30.5. The fraction of sp³-hybridized carbons (Fsp3) is 0.700. The second kappa shape index (κ2) is 6.73. The van der Waals surface area contributed by atoms with Crippen LogP contribution in [0.1, 0.15) is 24.8 Å². The van der Waals surface area contributed by atoms with Crippen molar-refractivity contribution < 1.29 is 12.9 Å². The van der Waals surface area contributed by atoms with E-state index in [0.717, 1.165) is 12.2 Å². The third kappa shape index (κ3) is 5.81. The van der Waals surface area contributed by atoms with E-state index in [2.05, 4.69) is 15.2 Å². The molecule has 0 aliphatic carbocycles. The molecule has 0 amide bonds. The van der Waals surface area contributed by atoms with Gasteiger partial charge in [0.05, 0.1) is 18.0 Å². The summed E-state index contributed by atoms with van der Waals surface area (Å²) in [6.07, 6.45) is 0.596. The molecular formula is C10H19N3O3S. The fourth-order valence-corrected chi connectivity index (χ4v) is 2.35. The Hall–Kier alpha value is -0.920. The minimum atomic E-state index is -3.23. The highest BCUT2D eigenvalue weighted by Gasteiger charge is 2.10. The maximum atomic E-state index is 11.6. The number of nitrogens with one attached hydrogen (secondary N) is 2. The first kappa shape index (κ1) is 14.1. The Morgan fingerprint density at radius 2 is 2.24 bits per heavy atom. The van der Waals surface area contributed by atoms with Gasteiger partial charge in [-0.2, -0.15) is 0 Å². The molecule has 1 aromatic rings. The van der Waals surface area contributed by atoms with Gasteiger partial charge in [0.1, 0.15) is 0 Å². The van der Waals surface area contributed by atoms with Crippen LogP contribution in [-0.2, 0) is 16.6 Å². The van der Waals surface area contributed by atoms with Gasteiger partial charge in [-0.25, -0.2) is 13.1 Å². The molecule has 0 bridgehead atoms. The number of aromatic nitrogens is 1. The number of hydrogen-bond donors (Lipinski definition) is 2. The molecule has 7 heteroatoms. The highest BCUT2D eigenvalue weighted by molar-refractivity contribution is 7.89. The first-order chi connectivity index (χ1) is 8.03. The second-order valence-electron chi connectivity index (χ2n) is 3.78. The van der Waals surface area contributed by atoms with Gasteiger partial charge in [-0.05, 0) is 26.4 Å². The Morgan fingerprint density at radius 3 is 2.82 bits per heavy atom. The maximum absolute atomic E-state index is 11.6. The van der Waals surface area contributed by atoms with Crippen molar-refractivity contribution in [2.75, 3.05) is 18.8 Å². The van der Waals surface area contributed by atoms with Crippen molar-refractivity contribution in [3.05, 3.63) is 17.5 Å². The molecule has 0 aliphatic rings. The van der Waals surface area contributed by atoms with Crippen LogP contribution in [0, 0.1) is 6.92 Å². The molecule has 0 saturated heterocycles. The normalized spacial score (nSPS) is 11.9. The highest BCUT2D eigenvalue weighted by Crippen LogP contribution is 2.02. The van der Waals surface area contributed by atoms with Gasteiger partial charge >= 0.3 is 0 Å². The van der Waals surface area contributed by atoms with Crippen LogP contribution >= 0.6 is 0 Å². The minimum absolute atomic E-state index is 0.118. The Bertz CT molecular complexity index is 428.